The number of H-pyrrole nitrogens is 1. The van der Waals surface area contributed by atoms with Crippen molar-refractivity contribution in [1.29, 1.82) is 0 Å². The van der Waals surface area contributed by atoms with Crippen molar-refractivity contribution in [1.82, 2.24) is 14.3 Å². The van der Waals surface area contributed by atoms with Crippen LogP contribution in [-0.2, 0) is 23.1 Å². The Kier molecular flexibility index (Phi) is 6.53. The molecule has 0 spiro atoms. The first-order valence-corrected chi connectivity index (χ1v) is 12.5. The first-order chi connectivity index (χ1) is 15.2. The number of benzene rings is 1. The molecule has 0 unspecified atom stereocenters. The van der Waals surface area contributed by atoms with Crippen LogP contribution in [0.1, 0.15) is 55.3 Å². The predicted molar refractivity (Wildman–Crippen MR) is 116 cm³/mol. The van der Waals surface area contributed by atoms with Gasteiger partial charge in [-0.25, -0.2) is 13.4 Å². The fraction of sp³-hybridized carbons (Fsp3) is 0.591. The summed E-state index contributed by atoms with van der Waals surface area (Å²) >= 11 is 0. The lowest BCUT2D eigenvalue weighted by Gasteiger charge is -2.34. The second-order valence-corrected chi connectivity index (χ2v) is 10.8. The topological polar surface area (TPSA) is 69.3 Å². The highest BCUT2D eigenvalue weighted by atomic mass is 32.2. The van der Waals surface area contributed by atoms with Gasteiger partial charge in [0, 0.05) is 31.0 Å². The zero-order chi connectivity index (χ0) is 22.9. The molecule has 2 aliphatic rings. The molecule has 1 aromatic heterocycles. The standard InChI is InChI=1S/C22H29F3N4O2S/c1-16-5-4-8-21-20(16)14-28(32(30,31)22(23,24)25)13-19(10-9-17-6-2-3-7-17)29(21)12-18-11-26-15-27-18/h4-5,8,11,15,17,19H,2-3,6-7,9-10,12-14H2,1H3,(H,26,27)/t19-/m1/s1. The molecular weight excluding hydrogens is 441 g/mol. The van der Waals surface area contributed by atoms with Crippen molar-refractivity contribution in [2.45, 2.75) is 70.1 Å². The van der Waals surface area contributed by atoms with Crippen molar-refractivity contribution in [3.63, 3.8) is 0 Å². The molecule has 0 radical (unpaired) electrons. The molecule has 1 saturated carbocycles. The average molecular weight is 471 g/mol. The molecule has 1 aliphatic carbocycles. The summed E-state index contributed by atoms with van der Waals surface area (Å²) < 4.78 is 66.2. The highest BCUT2D eigenvalue weighted by molar-refractivity contribution is 7.89. The maximum Gasteiger partial charge on any atom is 0.511 e. The van der Waals surface area contributed by atoms with E-state index in [-0.39, 0.29) is 19.1 Å². The quantitative estimate of drug-likeness (QED) is 0.663. The van der Waals surface area contributed by atoms with E-state index in [1.807, 2.05) is 25.1 Å². The summed E-state index contributed by atoms with van der Waals surface area (Å²) in [6, 6.07) is 5.19. The molecule has 0 amide bonds. The van der Waals surface area contributed by atoms with Crippen LogP contribution in [0.3, 0.4) is 0 Å². The number of halogens is 3. The number of aromatic nitrogens is 2. The van der Waals surface area contributed by atoms with Crippen LogP contribution in [0.5, 0.6) is 0 Å². The van der Waals surface area contributed by atoms with E-state index in [0.717, 1.165) is 36.2 Å². The number of alkyl halides is 3. The minimum Gasteiger partial charge on any atom is -0.361 e. The molecule has 10 heteroatoms. The number of aromatic amines is 1. The number of anilines is 1. The highest BCUT2D eigenvalue weighted by Gasteiger charge is 2.51. The summed E-state index contributed by atoms with van der Waals surface area (Å²) in [6.07, 6.45) is 9.41. The average Bonchev–Trinajstić information content (AvgIpc) is 3.40. The first kappa shape index (κ1) is 23.1. The van der Waals surface area contributed by atoms with E-state index in [2.05, 4.69) is 14.9 Å². The van der Waals surface area contributed by atoms with Gasteiger partial charge in [-0.3, -0.25) is 0 Å². The molecule has 1 aromatic carbocycles. The van der Waals surface area contributed by atoms with Gasteiger partial charge in [0.05, 0.1) is 18.6 Å². The van der Waals surface area contributed by atoms with Crippen LogP contribution >= 0.6 is 0 Å². The Morgan fingerprint density at radius 3 is 2.59 bits per heavy atom. The Morgan fingerprint density at radius 1 is 1.19 bits per heavy atom. The molecule has 4 rings (SSSR count). The van der Waals surface area contributed by atoms with Gasteiger partial charge in [0.1, 0.15) is 0 Å². The van der Waals surface area contributed by atoms with E-state index in [1.54, 1.807) is 12.5 Å². The smallest absolute Gasteiger partial charge is 0.361 e. The lowest BCUT2D eigenvalue weighted by atomic mass is 9.97. The second-order valence-electron chi connectivity index (χ2n) is 8.90. The number of fused-ring (bicyclic) bond motifs is 1. The lowest BCUT2D eigenvalue weighted by Crippen LogP contribution is -2.47. The Bertz CT molecular complexity index is 1020. The van der Waals surface area contributed by atoms with Crippen molar-refractivity contribution in [2.75, 3.05) is 11.4 Å². The summed E-state index contributed by atoms with van der Waals surface area (Å²) in [7, 11) is -5.45. The third kappa shape index (κ3) is 4.66. The van der Waals surface area contributed by atoms with E-state index < -0.39 is 15.5 Å². The fourth-order valence-electron chi connectivity index (χ4n) is 5.01. The third-order valence-electron chi connectivity index (χ3n) is 6.80. The molecule has 0 bridgehead atoms. The lowest BCUT2D eigenvalue weighted by molar-refractivity contribution is -0.0492. The molecule has 1 fully saturated rings. The fourth-order valence-corrected chi connectivity index (χ4v) is 5.97. The zero-order valence-electron chi connectivity index (χ0n) is 18.1. The third-order valence-corrected chi connectivity index (χ3v) is 8.34. The van der Waals surface area contributed by atoms with E-state index in [4.69, 9.17) is 0 Å². The summed E-state index contributed by atoms with van der Waals surface area (Å²) in [6.45, 7) is 1.75. The molecule has 2 aromatic rings. The van der Waals surface area contributed by atoms with E-state index in [0.29, 0.717) is 28.8 Å². The zero-order valence-corrected chi connectivity index (χ0v) is 18.9. The van der Waals surface area contributed by atoms with Crippen LogP contribution in [0.25, 0.3) is 0 Å². The van der Waals surface area contributed by atoms with Crippen LogP contribution in [0, 0.1) is 12.8 Å². The minimum absolute atomic E-state index is 0.198. The summed E-state index contributed by atoms with van der Waals surface area (Å²) in [5.74, 6) is 0.553. The summed E-state index contributed by atoms with van der Waals surface area (Å²) in [4.78, 5) is 9.20. The van der Waals surface area contributed by atoms with Gasteiger partial charge in [0.2, 0.25) is 0 Å². The Labute approximate surface area is 186 Å². The Balaban J connectivity index is 1.74. The number of aryl methyl sites for hydroxylation is 1. The Morgan fingerprint density at radius 2 is 1.94 bits per heavy atom. The summed E-state index contributed by atoms with van der Waals surface area (Å²) in [5, 5.41) is 0. The number of rotatable bonds is 6. The molecule has 176 valence electrons. The number of hydrogen-bond donors (Lipinski definition) is 1. The maximum absolute atomic E-state index is 13.5. The molecule has 32 heavy (non-hydrogen) atoms. The van der Waals surface area contributed by atoms with Gasteiger partial charge in [-0.2, -0.15) is 17.5 Å². The largest absolute Gasteiger partial charge is 0.511 e. The first-order valence-electron chi connectivity index (χ1n) is 11.1. The molecule has 1 aliphatic heterocycles. The summed E-state index contributed by atoms with van der Waals surface area (Å²) in [5.41, 5.74) is -2.32. The maximum atomic E-state index is 13.5. The van der Waals surface area contributed by atoms with Crippen molar-refractivity contribution in [2.24, 2.45) is 5.92 Å². The number of nitrogens with one attached hydrogen (secondary N) is 1. The van der Waals surface area contributed by atoms with Gasteiger partial charge in [-0.15, -0.1) is 0 Å². The van der Waals surface area contributed by atoms with Crippen LogP contribution in [0.15, 0.2) is 30.7 Å². The van der Waals surface area contributed by atoms with Crippen LogP contribution in [0.4, 0.5) is 18.9 Å². The monoisotopic (exact) mass is 470 g/mol. The van der Waals surface area contributed by atoms with Crippen LogP contribution < -0.4 is 4.90 Å². The molecule has 2 heterocycles. The van der Waals surface area contributed by atoms with Crippen LogP contribution in [0.2, 0.25) is 0 Å². The molecular formula is C22H29F3N4O2S. The van der Waals surface area contributed by atoms with Crippen molar-refractivity contribution in [3.05, 3.63) is 47.5 Å². The van der Waals surface area contributed by atoms with Crippen molar-refractivity contribution < 1.29 is 21.6 Å². The molecule has 1 N–H and O–H groups in total. The SMILES string of the molecule is Cc1cccc2c1CN(S(=O)(=O)C(F)(F)F)C[C@@H](CCC1CCCC1)N2Cc1cnc[nH]1. The van der Waals surface area contributed by atoms with Crippen molar-refractivity contribution in [3.8, 4) is 0 Å². The molecule has 6 nitrogen and oxygen atoms in total. The number of imidazole rings is 1. The van der Waals surface area contributed by atoms with E-state index >= 15 is 0 Å². The number of sulfonamides is 1. The van der Waals surface area contributed by atoms with E-state index in [1.165, 1.54) is 12.8 Å². The highest BCUT2D eigenvalue weighted by Crippen LogP contribution is 2.38. The van der Waals surface area contributed by atoms with Gasteiger partial charge in [0.15, 0.2) is 0 Å². The van der Waals surface area contributed by atoms with Crippen LogP contribution in [-0.4, -0.2) is 40.8 Å². The Hall–Kier alpha value is -2.07. The van der Waals surface area contributed by atoms with Gasteiger partial charge >= 0.3 is 15.5 Å². The minimum atomic E-state index is -5.45. The predicted octanol–water partition coefficient (Wildman–Crippen LogP) is 4.73. The molecule has 0 saturated heterocycles. The van der Waals surface area contributed by atoms with Gasteiger partial charge in [0.25, 0.3) is 0 Å². The van der Waals surface area contributed by atoms with E-state index in [9.17, 15) is 21.6 Å². The van der Waals surface area contributed by atoms with Gasteiger partial charge in [-0.05, 0) is 42.9 Å². The molecule has 1 atom stereocenters. The normalized spacial score (nSPS) is 21.0. The second kappa shape index (κ2) is 9.05. The van der Waals surface area contributed by atoms with Gasteiger partial charge in [-0.1, -0.05) is 37.8 Å². The van der Waals surface area contributed by atoms with Crippen molar-refractivity contribution >= 4 is 15.7 Å². The number of nitrogens with zero attached hydrogens (tertiary/aromatic N) is 3. The number of hydrogen-bond acceptors (Lipinski definition) is 4. The van der Waals surface area contributed by atoms with Gasteiger partial charge < -0.3 is 9.88 Å².